The quantitative estimate of drug-likeness (QED) is 0.747. The van der Waals surface area contributed by atoms with Gasteiger partial charge in [0.2, 0.25) is 0 Å². The molecule has 2 aromatic carbocycles. The van der Waals surface area contributed by atoms with Crippen LogP contribution in [0.5, 0.6) is 0 Å². The molecule has 0 fully saturated rings. The molecule has 0 aromatic heterocycles. The Morgan fingerprint density at radius 2 is 1.72 bits per heavy atom. The molecule has 0 aliphatic heterocycles. The van der Waals surface area contributed by atoms with Gasteiger partial charge >= 0.3 is 0 Å². The van der Waals surface area contributed by atoms with E-state index in [1.54, 1.807) is 24.3 Å². The molecule has 0 amide bonds. The van der Waals surface area contributed by atoms with Crippen molar-refractivity contribution in [2.24, 2.45) is 0 Å². The third-order valence-corrected chi connectivity index (χ3v) is 3.36. The first-order valence-corrected chi connectivity index (χ1v) is 5.74. The minimum absolute atomic E-state index is 0.163. The van der Waals surface area contributed by atoms with Gasteiger partial charge in [0.15, 0.2) is 5.78 Å². The number of carbonyl (C=O) groups excluding carboxylic acids is 1. The van der Waals surface area contributed by atoms with Gasteiger partial charge in [-0.05, 0) is 29.3 Å². The molecule has 0 heterocycles. The molecule has 1 atom stereocenters. The molecule has 3 heteroatoms. The van der Waals surface area contributed by atoms with E-state index in [0.29, 0.717) is 5.56 Å². The van der Waals surface area contributed by atoms with Gasteiger partial charge in [-0.25, -0.2) is 8.78 Å². The van der Waals surface area contributed by atoms with E-state index in [1.165, 1.54) is 18.2 Å². The first kappa shape index (κ1) is 11.1. The molecular weight excluding hydrogens is 234 g/mol. The summed E-state index contributed by atoms with van der Waals surface area (Å²) >= 11 is 0. The molecule has 0 unspecified atom stereocenters. The zero-order chi connectivity index (χ0) is 12.7. The first-order chi connectivity index (χ1) is 8.66. The van der Waals surface area contributed by atoms with Crippen LogP contribution < -0.4 is 0 Å². The summed E-state index contributed by atoms with van der Waals surface area (Å²) in [5, 5.41) is 0. The largest absolute Gasteiger partial charge is 0.294 e. The number of Topliss-reactive ketones (excluding diaryl/α,β-unsaturated/α-hetero) is 1. The number of hydrogen-bond acceptors (Lipinski definition) is 1. The fourth-order valence-corrected chi connectivity index (χ4v) is 2.52. The molecular formula is C15H10F2O. The molecule has 1 nitrogen and oxygen atoms in total. The van der Waals surface area contributed by atoms with Crippen LogP contribution in [-0.2, 0) is 0 Å². The average Bonchev–Trinajstić information content (AvgIpc) is 2.69. The van der Waals surface area contributed by atoms with Crippen LogP contribution in [0.15, 0.2) is 42.5 Å². The van der Waals surface area contributed by atoms with Crippen LogP contribution in [0.4, 0.5) is 8.78 Å². The van der Waals surface area contributed by atoms with Crippen LogP contribution in [0.25, 0.3) is 0 Å². The Hall–Kier alpha value is -2.03. The van der Waals surface area contributed by atoms with Crippen molar-refractivity contribution in [1.82, 2.24) is 0 Å². The van der Waals surface area contributed by atoms with E-state index in [1.807, 2.05) is 0 Å². The van der Waals surface area contributed by atoms with E-state index in [9.17, 15) is 13.6 Å². The van der Waals surface area contributed by atoms with Crippen molar-refractivity contribution >= 4 is 5.78 Å². The topological polar surface area (TPSA) is 17.1 Å². The summed E-state index contributed by atoms with van der Waals surface area (Å²) in [6.45, 7) is 0. The van der Waals surface area contributed by atoms with Crippen molar-refractivity contribution in [3.8, 4) is 0 Å². The predicted molar refractivity (Wildman–Crippen MR) is 63.6 cm³/mol. The summed E-state index contributed by atoms with van der Waals surface area (Å²) in [5.41, 5.74) is 1.73. The molecule has 0 saturated carbocycles. The monoisotopic (exact) mass is 244 g/mol. The Morgan fingerprint density at radius 1 is 1.00 bits per heavy atom. The van der Waals surface area contributed by atoms with Gasteiger partial charge in [0, 0.05) is 12.3 Å². The summed E-state index contributed by atoms with van der Waals surface area (Å²) in [6.07, 6.45) is 0.252. The summed E-state index contributed by atoms with van der Waals surface area (Å²) in [6, 6.07) is 10.7. The zero-order valence-electron chi connectivity index (χ0n) is 9.49. The first-order valence-electron chi connectivity index (χ1n) is 5.74. The van der Waals surface area contributed by atoms with E-state index in [2.05, 4.69) is 0 Å². The second-order valence-electron chi connectivity index (χ2n) is 4.44. The SMILES string of the molecule is O=C1C[C@@H](c2ccc(F)cc2)c2cccc(F)c21. The molecule has 18 heavy (non-hydrogen) atoms. The highest BCUT2D eigenvalue weighted by atomic mass is 19.1. The molecule has 0 radical (unpaired) electrons. The molecule has 0 N–H and O–H groups in total. The minimum Gasteiger partial charge on any atom is -0.294 e. The van der Waals surface area contributed by atoms with E-state index >= 15 is 0 Å². The average molecular weight is 244 g/mol. The van der Waals surface area contributed by atoms with Crippen LogP contribution >= 0.6 is 0 Å². The molecule has 1 aliphatic rings. The number of halogens is 2. The molecule has 3 rings (SSSR count). The van der Waals surface area contributed by atoms with Crippen LogP contribution in [-0.4, -0.2) is 5.78 Å². The standard InChI is InChI=1S/C15H10F2O/c16-10-6-4-9(5-7-10)12-8-14(18)15-11(12)2-1-3-13(15)17/h1-7,12H,8H2/t12-/m0/s1. The molecule has 1 aliphatic carbocycles. The van der Waals surface area contributed by atoms with Crippen LogP contribution in [0.3, 0.4) is 0 Å². The van der Waals surface area contributed by atoms with Crippen molar-refractivity contribution in [3.05, 3.63) is 70.8 Å². The molecule has 90 valence electrons. The number of carbonyl (C=O) groups is 1. The highest BCUT2D eigenvalue weighted by Gasteiger charge is 2.32. The van der Waals surface area contributed by atoms with E-state index in [4.69, 9.17) is 0 Å². The van der Waals surface area contributed by atoms with Crippen molar-refractivity contribution in [3.63, 3.8) is 0 Å². The smallest absolute Gasteiger partial charge is 0.167 e. The number of rotatable bonds is 1. The lowest BCUT2D eigenvalue weighted by molar-refractivity contribution is 0.0988. The summed E-state index contributed by atoms with van der Waals surface area (Å²) in [4.78, 5) is 11.8. The third-order valence-electron chi connectivity index (χ3n) is 3.36. The minimum atomic E-state index is -0.470. The van der Waals surface area contributed by atoms with Gasteiger partial charge in [-0.2, -0.15) is 0 Å². The lowest BCUT2D eigenvalue weighted by Crippen LogP contribution is -1.96. The molecule has 0 bridgehead atoms. The number of fused-ring (bicyclic) bond motifs is 1. The van der Waals surface area contributed by atoms with Crippen molar-refractivity contribution in [2.75, 3.05) is 0 Å². The summed E-state index contributed by atoms with van der Waals surface area (Å²) < 4.78 is 26.5. The lowest BCUT2D eigenvalue weighted by Gasteiger charge is -2.10. The Balaban J connectivity index is 2.10. The van der Waals surface area contributed by atoms with Gasteiger partial charge in [0.25, 0.3) is 0 Å². The van der Waals surface area contributed by atoms with E-state index in [0.717, 1.165) is 5.56 Å². The second kappa shape index (κ2) is 4.02. The van der Waals surface area contributed by atoms with Crippen molar-refractivity contribution in [2.45, 2.75) is 12.3 Å². The lowest BCUT2D eigenvalue weighted by atomic mass is 9.93. The predicted octanol–water partition coefficient (Wildman–Crippen LogP) is 3.68. The number of hydrogen-bond donors (Lipinski definition) is 0. The van der Waals surface area contributed by atoms with Gasteiger partial charge in [-0.3, -0.25) is 4.79 Å². The van der Waals surface area contributed by atoms with Crippen molar-refractivity contribution < 1.29 is 13.6 Å². The maximum atomic E-state index is 13.6. The number of ketones is 1. The van der Waals surface area contributed by atoms with Crippen LogP contribution in [0, 0.1) is 11.6 Å². The van der Waals surface area contributed by atoms with Crippen LogP contribution in [0.2, 0.25) is 0 Å². The zero-order valence-corrected chi connectivity index (χ0v) is 9.49. The molecule has 0 saturated heterocycles. The van der Waals surface area contributed by atoms with E-state index < -0.39 is 5.82 Å². The number of benzene rings is 2. The Morgan fingerprint density at radius 3 is 2.44 bits per heavy atom. The molecule has 2 aromatic rings. The fraction of sp³-hybridized carbons (Fsp3) is 0.133. The van der Waals surface area contributed by atoms with Crippen LogP contribution in [0.1, 0.15) is 33.8 Å². The maximum Gasteiger partial charge on any atom is 0.167 e. The Kier molecular flexibility index (Phi) is 2.47. The maximum absolute atomic E-state index is 13.6. The fourth-order valence-electron chi connectivity index (χ4n) is 2.52. The van der Waals surface area contributed by atoms with Gasteiger partial charge < -0.3 is 0 Å². The van der Waals surface area contributed by atoms with Gasteiger partial charge in [0.1, 0.15) is 11.6 Å². The summed E-state index contributed by atoms with van der Waals surface area (Å²) in [7, 11) is 0. The van der Waals surface area contributed by atoms with Gasteiger partial charge in [-0.15, -0.1) is 0 Å². The summed E-state index contributed by atoms with van der Waals surface area (Å²) in [5.74, 6) is -1.13. The Labute approximate surface area is 103 Å². The third kappa shape index (κ3) is 1.63. The van der Waals surface area contributed by atoms with E-state index in [-0.39, 0.29) is 29.5 Å². The van der Waals surface area contributed by atoms with Gasteiger partial charge in [0.05, 0.1) is 5.56 Å². The molecule has 0 spiro atoms. The Bertz CT molecular complexity index is 617. The second-order valence-corrected chi connectivity index (χ2v) is 4.44. The normalized spacial score (nSPS) is 17.9. The van der Waals surface area contributed by atoms with Gasteiger partial charge in [-0.1, -0.05) is 24.3 Å². The highest BCUT2D eigenvalue weighted by Crippen LogP contribution is 2.38. The van der Waals surface area contributed by atoms with Crippen molar-refractivity contribution in [1.29, 1.82) is 0 Å². The highest BCUT2D eigenvalue weighted by molar-refractivity contribution is 6.02.